The zero-order chi connectivity index (χ0) is 39.6. The van der Waals surface area contributed by atoms with E-state index in [-0.39, 0.29) is 41.1 Å². The van der Waals surface area contributed by atoms with Crippen LogP contribution in [-0.4, -0.2) is 66.7 Å². The van der Waals surface area contributed by atoms with Crippen LogP contribution in [-0.2, 0) is 21.4 Å². The monoisotopic (exact) mass is 766 g/mol. The minimum atomic E-state index is -0.501. The molecular weight excluding hydrogens is 709 g/mol. The molecule has 0 radical (unpaired) electrons. The van der Waals surface area contributed by atoms with Gasteiger partial charge in [-0.1, -0.05) is 83.0 Å². The maximum absolute atomic E-state index is 13.3. The molecule has 0 bridgehead atoms. The number of carbonyl (C=O) groups excluding carboxylic acids is 2. The van der Waals surface area contributed by atoms with Crippen LogP contribution >= 0.6 is 0 Å². The number of amides is 2. The Labute approximate surface area is 336 Å². The summed E-state index contributed by atoms with van der Waals surface area (Å²) >= 11 is 0. The predicted octanol–water partition coefficient (Wildman–Crippen LogP) is 8.34. The molecule has 1 spiro atoms. The fourth-order valence-corrected chi connectivity index (χ4v) is 10.5. The van der Waals surface area contributed by atoms with E-state index < -0.39 is 12.1 Å². The third-order valence-electron chi connectivity index (χ3n) is 13.9. The second-order valence-electron chi connectivity index (χ2n) is 18.0. The summed E-state index contributed by atoms with van der Waals surface area (Å²) in [6.07, 6.45) is 12.9. The highest BCUT2D eigenvalue weighted by atomic mass is 16.2. The molecule has 5 aromatic rings. The molecular formula is C47H58N8O2. The molecule has 4 atom stereocenters. The Morgan fingerprint density at radius 1 is 0.719 bits per heavy atom. The number of fused-ring (bicyclic) bond motifs is 3. The number of nitrogens with one attached hydrogen (secondary N) is 2. The molecule has 2 aromatic heterocycles. The van der Waals surface area contributed by atoms with Crippen LogP contribution in [0.5, 0.6) is 0 Å². The Morgan fingerprint density at radius 2 is 1.32 bits per heavy atom. The number of aromatic nitrogens is 4. The van der Waals surface area contributed by atoms with Crippen LogP contribution in [0.2, 0.25) is 0 Å². The number of likely N-dealkylation sites (tertiary alicyclic amines) is 2. The molecule has 1 saturated carbocycles. The van der Waals surface area contributed by atoms with Gasteiger partial charge in [-0.3, -0.25) is 9.59 Å². The number of rotatable bonds is 9. The number of benzene rings is 3. The molecule has 10 nitrogen and oxygen atoms in total. The Morgan fingerprint density at radius 3 is 1.96 bits per heavy atom. The smallest absolute Gasteiger partial charge is 0.240 e. The van der Waals surface area contributed by atoms with E-state index in [0.717, 1.165) is 79.1 Å². The Hall–Kier alpha value is -4.80. The molecule has 57 heavy (non-hydrogen) atoms. The van der Waals surface area contributed by atoms with Crippen LogP contribution in [0.15, 0.2) is 60.8 Å². The summed E-state index contributed by atoms with van der Waals surface area (Å²) in [5.41, 5.74) is 24.9. The molecule has 2 saturated heterocycles. The summed E-state index contributed by atoms with van der Waals surface area (Å²) < 4.78 is 0. The summed E-state index contributed by atoms with van der Waals surface area (Å²) in [5.74, 6) is 1.90. The third-order valence-corrected chi connectivity index (χ3v) is 13.9. The van der Waals surface area contributed by atoms with Gasteiger partial charge in [-0.05, 0) is 120 Å². The molecule has 298 valence electrons. The van der Waals surface area contributed by atoms with Gasteiger partial charge in [0.15, 0.2) is 0 Å². The van der Waals surface area contributed by atoms with Gasteiger partial charge in [0, 0.05) is 13.1 Å². The van der Waals surface area contributed by atoms with E-state index in [1.807, 2.05) is 43.7 Å². The van der Waals surface area contributed by atoms with Gasteiger partial charge < -0.3 is 31.2 Å². The van der Waals surface area contributed by atoms with Crippen LogP contribution < -0.4 is 11.5 Å². The molecule has 2 aliphatic heterocycles. The van der Waals surface area contributed by atoms with Gasteiger partial charge >= 0.3 is 0 Å². The largest absolute Gasteiger partial charge is 0.340 e. The van der Waals surface area contributed by atoms with Crippen LogP contribution in [0.4, 0.5) is 0 Å². The number of carbonyl (C=O) groups is 2. The highest BCUT2D eigenvalue weighted by molar-refractivity contribution is 5.87. The van der Waals surface area contributed by atoms with Gasteiger partial charge in [0.2, 0.25) is 11.8 Å². The van der Waals surface area contributed by atoms with Crippen molar-refractivity contribution in [3.63, 3.8) is 0 Å². The standard InChI is InChI=1S/C47H58N8O2/c1-27(2)41(48)45(56)54-23-7-9-38(54)43-50-26-37(53-43)30-13-11-29(12-14-30)32-16-17-33(40-34(32)19-22-47(40)20-5-6-21-47)31-15-18-35-36(25-31)52-44(51-35)39-10-8-24-55(39)46(57)42(49)28(3)4/h11-18,25-28,38-39,41-42H,5-10,19-24,48-49H2,1-4H3,(H,50,53)(H,51,52). The lowest BCUT2D eigenvalue weighted by Crippen LogP contribution is -2.46. The third kappa shape index (κ3) is 6.58. The molecule has 3 aromatic carbocycles. The second-order valence-corrected chi connectivity index (χ2v) is 18.0. The minimum Gasteiger partial charge on any atom is -0.340 e. The highest BCUT2D eigenvalue weighted by Gasteiger charge is 2.44. The van der Waals surface area contributed by atoms with Crippen molar-refractivity contribution in [2.75, 3.05) is 13.1 Å². The first-order valence-electron chi connectivity index (χ1n) is 21.5. The molecule has 2 aliphatic carbocycles. The minimum absolute atomic E-state index is 0.0108. The maximum Gasteiger partial charge on any atom is 0.240 e. The number of hydrogen-bond acceptors (Lipinski definition) is 6. The number of imidazole rings is 2. The zero-order valence-electron chi connectivity index (χ0n) is 34.0. The van der Waals surface area contributed by atoms with Gasteiger partial charge in [-0.15, -0.1) is 0 Å². The van der Waals surface area contributed by atoms with Gasteiger partial charge in [0.1, 0.15) is 11.6 Å². The zero-order valence-corrected chi connectivity index (χ0v) is 34.0. The van der Waals surface area contributed by atoms with E-state index in [9.17, 15) is 9.59 Å². The molecule has 4 unspecified atom stereocenters. The van der Waals surface area contributed by atoms with Crippen LogP contribution in [0, 0.1) is 11.8 Å². The molecule has 3 fully saturated rings. The molecule has 9 rings (SSSR count). The van der Waals surface area contributed by atoms with E-state index >= 15 is 0 Å². The number of nitrogens with zero attached hydrogens (tertiary/aromatic N) is 4. The molecule has 4 heterocycles. The van der Waals surface area contributed by atoms with Crippen molar-refractivity contribution in [3.8, 4) is 33.5 Å². The van der Waals surface area contributed by atoms with Crippen molar-refractivity contribution in [1.82, 2.24) is 29.7 Å². The van der Waals surface area contributed by atoms with Crippen molar-refractivity contribution in [1.29, 1.82) is 0 Å². The van der Waals surface area contributed by atoms with Crippen LogP contribution in [0.3, 0.4) is 0 Å². The number of H-pyrrole nitrogens is 2. The van der Waals surface area contributed by atoms with Crippen LogP contribution in [0.25, 0.3) is 44.5 Å². The van der Waals surface area contributed by atoms with Crippen molar-refractivity contribution >= 4 is 22.8 Å². The number of nitrogens with two attached hydrogens (primary N) is 2. The second kappa shape index (κ2) is 14.9. The summed E-state index contributed by atoms with van der Waals surface area (Å²) in [7, 11) is 0. The van der Waals surface area contributed by atoms with Crippen molar-refractivity contribution in [2.45, 2.75) is 121 Å². The fourth-order valence-electron chi connectivity index (χ4n) is 10.5. The van der Waals surface area contributed by atoms with Crippen molar-refractivity contribution in [3.05, 3.63) is 83.6 Å². The lowest BCUT2D eigenvalue weighted by atomic mass is 9.76. The Bertz CT molecular complexity index is 2300. The van der Waals surface area contributed by atoms with E-state index in [4.69, 9.17) is 21.4 Å². The van der Waals surface area contributed by atoms with Crippen molar-refractivity contribution in [2.24, 2.45) is 23.3 Å². The summed E-state index contributed by atoms with van der Waals surface area (Å²) in [5, 5.41) is 0. The van der Waals surface area contributed by atoms with E-state index in [1.54, 1.807) is 5.56 Å². The van der Waals surface area contributed by atoms with Crippen LogP contribution in [0.1, 0.15) is 120 Å². The molecule has 6 N–H and O–H groups in total. The van der Waals surface area contributed by atoms with Crippen molar-refractivity contribution < 1.29 is 9.59 Å². The van der Waals surface area contributed by atoms with Gasteiger partial charge in [0.05, 0.1) is 47.1 Å². The lowest BCUT2D eigenvalue weighted by molar-refractivity contribution is -0.135. The molecule has 2 amide bonds. The molecule has 4 aliphatic rings. The highest BCUT2D eigenvalue weighted by Crippen LogP contribution is 2.55. The average Bonchev–Trinajstić information content (AvgIpc) is 4.08. The first-order chi connectivity index (χ1) is 27.5. The first kappa shape index (κ1) is 37.8. The van der Waals surface area contributed by atoms with Gasteiger partial charge in [0.25, 0.3) is 0 Å². The quantitative estimate of drug-likeness (QED) is 0.119. The predicted molar refractivity (Wildman–Crippen MR) is 226 cm³/mol. The van der Waals surface area contributed by atoms with Gasteiger partial charge in [-0.25, -0.2) is 9.97 Å². The number of aromatic amines is 2. The van der Waals surface area contributed by atoms with E-state index in [0.29, 0.717) is 0 Å². The van der Waals surface area contributed by atoms with E-state index in [2.05, 4.69) is 64.6 Å². The van der Waals surface area contributed by atoms with E-state index in [1.165, 1.54) is 59.9 Å². The fraction of sp³-hybridized carbons (Fsp3) is 0.489. The summed E-state index contributed by atoms with van der Waals surface area (Å²) in [6.45, 7) is 9.44. The Kier molecular flexibility index (Phi) is 9.84. The Balaban J connectivity index is 1.00. The maximum atomic E-state index is 13.3. The summed E-state index contributed by atoms with van der Waals surface area (Å²) in [4.78, 5) is 47.3. The van der Waals surface area contributed by atoms with Gasteiger partial charge in [-0.2, -0.15) is 0 Å². The first-order valence-corrected chi connectivity index (χ1v) is 21.5. The average molecular weight is 767 g/mol. The topological polar surface area (TPSA) is 150 Å². The molecule has 10 heteroatoms. The SMILES string of the molecule is CC(C)C(N)C(=O)N1CCCC1c1ncc(-c2ccc(-c3ccc(-c4ccc5nc(C6CCCN6C(=O)C(N)C(C)C)[nH]c5c4)c4c3CCC43CCCC3)cc2)[nH]1. The number of hydrogen-bond donors (Lipinski definition) is 4. The normalized spacial score (nSPS) is 21.4. The lowest BCUT2D eigenvalue weighted by Gasteiger charge is -2.28. The summed E-state index contributed by atoms with van der Waals surface area (Å²) in [6, 6.07) is 19.1.